The van der Waals surface area contributed by atoms with Gasteiger partial charge >= 0.3 is 5.97 Å². The molecule has 6 heteroatoms. The molecular formula is C14H22N2O4. The van der Waals surface area contributed by atoms with Crippen LogP contribution in [0, 0.1) is 11.3 Å². The van der Waals surface area contributed by atoms with Crippen LogP contribution in [0.1, 0.15) is 44.9 Å². The van der Waals surface area contributed by atoms with Crippen LogP contribution in [-0.2, 0) is 14.4 Å². The van der Waals surface area contributed by atoms with Gasteiger partial charge in [-0.1, -0.05) is 19.3 Å². The summed E-state index contributed by atoms with van der Waals surface area (Å²) in [5.41, 5.74) is 4.34. The fourth-order valence-electron chi connectivity index (χ4n) is 3.32. The summed E-state index contributed by atoms with van der Waals surface area (Å²) in [5, 5.41) is 9.48. The molecule has 0 radical (unpaired) electrons. The van der Waals surface area contributed by atoms with E-state index in [1.807, 2.05) is 0 Å². The van der Waals surface area contributed by atoms with Gasteiger partial charge in [-0.15, -0.1) is 0 Å². The summed E-state index contributed by atoms with van der Waals surface area (Å²) >= 11 is 0. The van der Waals surface area contributed by atoms with Crippen molar-refractivity contribution >= 4 is 17.8 Å². The number of carboxylic acids is 1. The molecule has 2 rings (SSSR count). The molecule has 1 saturated carbocycles. The molecule has 1 unspecified atom stereocenters. The molecule has 2 amide bonds. The Labute approximate surface area is 118 Å². The topological polar surface area (TPSA) is 101 Å². The minimum absolute atomic E-state index is 0.0494. The minimum atomic E-state index is -0.903. The Bertz CT molecular complexity index is 415. The van der Waals surface area contributed by atoms with E-state index in [0.717, 1.165) is 19.3 Å². The van der Waals surface area contributed by atoms with E-state index in [0.29, 0.717) is 32.4 Å². The largest absolute Gasteiger partial charge is 0.481 e. The maximum atomic E-state index is 12.3. The van der Waals surface area contributed by atoms with E-state index in [-0.39, 0.29) is 24.2 Å². The highest BCUT2D eigenvalue weighted by Crippen LogP contribution is 2.40. The Kier molecular flexibility index (Phi) is 4.30. The van der Waals surface area contributed by atoms with Crippen LogP contribution in [-0.4, -0.2) is 40.9 Å². The highest BCUT2D eigenvalue weighted by molar-refractivity contribution is 5.86. The van der Waals surface area contributed by atoms with E-state index in [2.05, 4.69) is 0 Å². The summed E-state index contributed by atoms with van der Waals surface area (Å²) in [4.78, 5) is 36.6. The van der Waals surface area contributed by atoms with Crippen molar-refractivity contribution in [2.75, 3.05) is 13.1 Å². The molecule has 0 spiro atoms. The lowest BCUT2D eigenvalue weighted by atomic mass is 9.71. The number of aliphatic carboxylic acids is 1. The third-order valence-corrected chi connectivity index (χ3v) is 4.70. The van der Waals surface area contributed by atoms with Crippen LogP contribution < -0.4 is 5.73 Å². The van der Waals surface area contributed by atoms with E-state index < -0.39 is 11.4 Å². The predicted octanol–water partition coefficient (Wildman–Crippen LogP) is 0.745. The molecule has 6 nitrogen and oxygen atoms in total. The van der Waals surface area contributed by atoms with Crippen molar-refractivity contribution in [2.45, 2.75) is 44.9 Å². The number of rotatable bonds is 4. The number of hydrogen-bond donors (Lipinski definition) is 2. The molecule has 1 aliphatic carbocycles. The molecule has 1 saturated heterocycles. The molecular weight excluding hydrogens is 260 g/mol. The lowest BCUT2D eigenvalue weighted by molar-refractivity contribution is -0.155. The predicted molar refractivity (Wildman–Crippen MR) is 71.7 cm³/mol. The van der Waals surface area contributed by atoms with Gasteiger partial charge in [0.05, 0.1) is 11.3 Å². The minimum Gasteiger partial charge on any atom is -0.481 e. The summed E-state index contributed by atoms with van der Waals surface area (Å²) < 4.78 is 0. The van der Waals surface area contributed by atoms with Gasteiger partial charge in [0.1, 0.15) is 0 Å². The van der Waals surface area contributed by atoms with Gasteiger partial charge in [-0.25, -0.2) is 0 Å². The third-order valence-electron chi connectivity index (χ3n) is 4.70. The van der Waals surface area contributed by atoms with Crippen LogP contribution in [0.3, 0.4) is 0 Å². The molecule has 3 N–H and O–H groups in total. The number of amides is 2. The number of carbonyl (C=O) groups excluding carboxylic acids is 2. The molecule has 1 heterocycles. The standard InChI is InChI=1S/C14H22N2O4/c15-12(18)10-4-7-16(9-10)11(17)8-14(13(19)20)5-2-1-3-6-14/h10H,1-9H2,(H2,15,18)(H,19,20). The zero-order valence-electron chi connectivity index (χ0n) is 11.6. The van der Waals surface area contributed by atoms with Crippen molar-refractivity contribution in [3.63, 3.8) is 0 Å². The molecule has 20 heavy (non-hydrogen) atoms. The van der Waals surface area contributed by atoms with Crippen molar-refractivity contribution < 1.29 is 19.5 Å². The fourth-order valence-corrected chi connectivity index (χ4v) is 3.32. The maximum absolute atomic E-state index is 12.3. The van der Waals surface area contributed by atoms with Gasteiger partial charge in [-0.05, 0) is 19.3 Å². The van der Waals surface area contributed by atoms with E-state index in [4.69, 9.17) is 5.73 Å². The van der Waals surface area contributed by atoms with Crippen LogP contribution in [0.2, 0.25) is 0 Å². The zero-order chi connectivity index (χ0) is 14.8. The molecule has 0 aromatic heterocycles. The number of hydrogen-bond acceptors (Lipinski definition) is 3. The second kappa shape index (κ2) is 5.81. The zero-order valence-corrected chi connectivity index (χ0v) is 11.6. The van der Waals surface area contributed by atoms with E-state index in [1.54, 1.807) is 4.90 Å². The molecule has 112 valence electrons. The number of carboxylic acid groups (broad SMARTS) is 1. The number of nitrogens with zero attached hydrogens (tertiary/aromatic N) is 1. The van der Waals surface area contributed by atoms with Gasteiger partial charge in [0.15, 0.2) is 0 Å². The maximum Gasteiger partial charge on any atom is 0.310 e. The first kappa shape index (κ1) is 14.8. The van der Waals surface area contributed by atoms with E-state index >= 15 is 0 Å². The number of carbonyl (C=O) groups is 3. The SMILES string of the molecule is NC(=O)C1CCN(C(=O)CC2(C(=O)O)CCCCC2)C1. The van der Waals surface area contributed by atoms with Crippen molar-refractivity contribution in [1.29, 1.82) is 0 Å². The highest BCUT2D eigenvalue weighted by atomic mass is 16.4. The van der Waals surface area contributed by atoms with Crippen molar-refractivity contribution in [3.8, 4) is 0 Å². The van der Waals surface area contributed by atoms with Gasteiger partial charge < -0.3 is 15.7 Å². The smallest absolute Gasteiger partial charge is 0.310 e. The summed E-state index contributed by atoms with van der Waals surface area (Å²) in [6.45, 7) is 0.839. The lowest BCUT2D eigenvalue weighted by Gasteiger charge is -2.33. The lowest BCUT2D eigenvalue weighted by Crippen LogP contribution is -2.40. The van der Waals surface area contributed by atoms with Gasteiger partial charge in [-0.2, -0.15) is 0 Å². The Morgan fingerprint density at radius 3 is 2.35 bits per heavy atom. The number of primary amides is 1. The Hall–Kier alpha value is -1.59. The first-order valence-electron chi connectivity index (χ1n) is 7.25. The average Bonchev–Trinajstić information content (AvgIpc) is 2.89. The van der Waals surface area contributed by atoms with E-state index in [9.17, 15) is 19.5 Å². The highest BCUT2D eigenvalue weighted by Gasteiger charge is 2.43. The third kappa shape index (κ3) is 2.94. The number of likely N-dealkylation sites (tertiary alicyclic amines) is 1. The van der Waals surface area contributed by atoms with Gasteiger partial charge in [0.25, 0.3) is 0 Å². The second-order valence-electron chi connectivity index (χ2n) is 6.05. The molecule has 1 atom stereocenters. The summed E-state index contributed by atoms with van der Waals surface area (Å²) in [6, 6.07) is 0. The summed E-state index contributed by atoms with van der Waals surface area (Å²) in [5.74, 6) is -1.69. The Balaban J connectivity index is 1.99. The monoisotopic (exact) mass is 282 g/mol. The van der Waals surface area contributed by atoms with Crippen molar-refractivity contribution in [3.05, 3.63) is 0 Å². The summed E-state index contributed by atoms with van der Waals surface area (Å²) in [6.07, 6.45) is 4.54. The fraction of sp³-hybridized carbons (Fsp3) is 0.786. The molecule has 0 aromatic rings. The van der Waals surface area contributed by atoms with Crippen LogP contribution >= 0.6 is 0 Å². The van der Waals surface area contributed by atoms with Crippen molar-refractivity contribution in [1.82, 2.24) is 4.90 Å². The van der Waals surface area contributed by atoms with Crippen LogP contribution in [0.25, 0.3) is 0 Å². The van der Waals surface area contributed by atoms with Crippen LogP contribution in [0.5, 0.6) is 0 Å². The molecule has 0 bridgehead atoms. The number of nitrogens with two attached hydrogens (primary N) is 1. The quantitative estimate of drug-likeness (QED) is 0.794. The van der Waals surface area contributed by atoms with Gasteiger partial charge in [0, 0.05) is 19.5 Å². The molecule has 0 aromatic carbocycles. The second-order valence-corrected chi connectivity index (χ2v) is 6.05. The normalized spacial score (nSPS) is 25.4. The van der Waals surface area contributed by atoms with Crippen LogP contribution in [0.4, 0.5) is 0 Å². The Morgan fingerprint density at radius 1 is 1.20 bits per heavy atom. The first-order valence-corrected chi connectivity index (χ1v) is 7.25. The Morgan fingerprint density at radius 2 is 1.85 bits per heavy atom. The molecule has 2 fully saturated rings. The van der Waals surface area contributed by atoms with E-state index in [1.165, 1.54) is 0 Å². The average molecular weight is 282 g/mol. The van der Waals surface area contributed by atoms with Gasteiger partial charge in [-0.3, -0.25) is 14.4 Å². The molecule has 2 aliphatic rings. The summed E-state index contributed by atoms with van der Waals surface area (Å²) in [7, 11) is 0. The molecule has 1 aliphatic heterocycles. The van der Waals surface area contributed by atoms with Crippen molar-refractivity contribution in [2.24, 2.45) is 17.1 Å². The first-order chi connectivity index (χ1) is 9.44. The van der Waals surface area contributed by atoms with Gasteiger partial charge in [0.2, 0.25) is 11.8 Å². The van der Waals surface area contributed by atoms with Crippen LogP contribution in [0.15, 0.2) is 0 Å².